The van der Waals surface area contributed by atoms with E-state index in [0.717, 1.165) is 54.5 Å². The lowest BCUT2D eigenvalue weighted by Crippen LogP contribution is -2.38. The van der Waals surface area contributed by atoms with Gasteiger partial charge in [-0.15, -0.1) is 0 Å². The van der Waals surface area contributed by atoms with Gasteiger partial charge in [0.25, 0.3) is 0 Å². The predicted octanol–water partition coefficient (Wildman–Crippen LogP) is 5.68. The van der Waals surface area contributed by atoms with Crippen LogP contribution in [0.15, 0.2) is 67.1 Å². The molecule has 0 amide bonds. The molecule has 0 bridgehead atoms. The average Bonchev–Trinajstić information content (AvgIpc) is 3.69. The SMILES string of the molecule is COC(=O)c1ccc2nc(CN3CCC(Oc4cccc(COc5ccc(C#N)cc5F)n4)CC3)n(Cc3cncn3C(C)C)c2c1. The van der Waals surface area contributed by atoms with Crippen LogP contribution in [-0.4, -0.2) is 61.3 Å². The van der Waals surface area contributed by atoms with Crippen molar-refractivity contribution in [3.8, 4) is 17.7 Å². The predicted molar refractivity (Wildman–Crippen MR) is 171 cm³/mol. The van der Waals surface area contributed by atoms with Crippen LogP contribution in [0.1, 0.15) is 65.9 Å². The van der Waals surface area contributed by atoms with Gasteiger partial charge in [-0.25, -0.2) is 24.1 Å². The molecule has 12 heteroatoms. The van der Waals surface area contributed by atoms with Crippen LogP contribution in [0.25, 0.3) is 11.0 Å². The lowest BCUT2D eigenvalue weighted by molar-refractivity contribution is 0.0601. The van der Waals surface area contributed by atoms with Crippen molar-refractivity contribution in [1.29, 1.82) is 5.26 Å². The van der Waals surface area contributed by atoms with Gasteiger partial charge >= 0.3 is 5.97 Å². The number of piperidine rings is 1. The standard InChI is InChI=1S/C35H36FN7O4/c1-23(2)43-22-38-18-27(43)19-42-31-16-25(35(44)45-3)8-9-30(31)40-33(42)20-41-13-11-28(12-14-41)47-34-6-4-5-26(39-34)21-46-32-10-7-24(17-37)15-29(32)36/h4-10,15-16,18,22-23,28H,11-14,19-21H2,1-3H3. The topological polar surface area (TPSA) is 120 Å². The van der Waals surface area contributed by atoms with Gasteiger partial charge in [0.05, 0.1) is 66.1 Å². The van der Waals surface area contributed by atoms with Gasteiger partial charge in [0.15, 0.2) is 11.6 Å². The number of carbonyl (C=O) groups excluding carboxylic acids is 1. The summed E-state index contributed by atoms with van der Waals surface area (Å²) in [5.41, 5.74) is 4.06. The fraction of sp³-hybridized carbons (Fsp3) is 0.343. The summed E-state index contributed by atoms with van der Waals surface area (Å²) in [4.78, 5) is 28.6. The number of rotatable bonds is 11. The Morgan fingerprint density at radius 3 is 2.66 bits per heavy atom. The molecular formula is C35H36FN7O4. The molecule has 1 aliphatic heterocycles. The van der Waals surface area contributed by atoms with Crippen molar-refractivity contribution >= 4 is 17.0 Å². The molecule has 0 radical (unpaired) electrons. The highest BCUT2D eigenvalue weighted by Crippen LogP contribution is 2.25. The molecule has 0 unspecified atom stereocenters. The van der Waals surface area contributed by atoms with Gasteiger partial charge in [-0.3, -0.25) is 4.90 Å². The highest BCUT2D eigenvalue weighted by molar-refractivity contribution is 5.93. The summed E-state index contributed by atoms with van der Waals surface area (Å²) in [5, 5.41) is 8.94. The Bertz CT molecular complexity index is 1920. The Morgan fingerprint density at radius 1 is 1.09 bits per heavy atom. The summed E-state index contributed by atoms with van der Waals surface area (Å²) < 4.78 is 35.3. The maximum atomic E-state index is 14.2. The second-order valence-electron chi connectivity index (χ2n) is 11.8. The van der Waals surface area contributed by atoms with Gasteiger partial charge in [0.2, 0.25) is 5.88 Å². The number of halogens is 1. The minimum absolute atomic E-state index is 0.00675. The Labute approximate surface area is 272 Å². The fourth-order valence-electron chi connectivity index (χ4n) is 5.79. The number of likely N-dealkylation sites (tertiary alicyclic amines) is 1. The third-order valence-electron chi connectivity index (χ3n) is 8.28. The number of pyridine rings is 1. The van der Waals surface area contributed by atoms with Gasteiger partial charge in [-0.2, -0.15) is 5.26 Å². The highest BCUT2D eigenvalue weighted by Gasteiger charge is 2.24. The molecule has 1 aliphatic rings. The van der Waals surface area contributed by atoms with Crippen molar-refractivity contribution in [2.45, 2.75) is 58.5 Å². The van der Waals surface area contributed by atoms with Gasteiger partial charge in [0.1, 0.15) is 18.5 Å². The molecular weight excluding hydrogens is 601 g/mol. The van der Waals surface area contributed by atoms with Crippen LogP contribution in [0, 0.1) is 17.1 Å². The molecule has 47 heavy (non-hydrogen) atoms. The third kappa shape index (κ3) is 7.26. The minimum atomic E-state index is -0.591. The molecule has 0 atom stereocenters. The smallest absolute Gasteiger partial charge is 0.337 e. The fourth-order valence-corrected chi connectivity index (χ4v) is 5.79. The molecule has 0 saturated carbocycles. The van der Waals surface area contributed by atoms with Crippen molar-refractivity contribution in [3.63, 3.8) is 0 Å². The molecule has 3 aromatic heterocycles. The van der Waals surface area contributed by atoms with E-state index in [4.69, 9.17) is 24.5 Å². The number of carbonyl (C=O) groups is 1. The number of hydrogen-bond acceptors (Lipinski definition) is 9. The molecule has 0 aliphatic carbocycles. The van der Waals surface area contributed by atoms with Gasteiger partial charge in [0, 0.05) is 31.4 Å². The van der Waals surface area contributed by atoms with Gasteiger partial charge in [-0.05, 0) is 69.2 Å². The average molecular weight is 638 g/mol. The van der Waals surface area contributed by atoms with E-state index in [0.29, 0.717) is 30.2 Å². The molecule has 6 rings (SSSR count). The molecule has 1 saturated heterocycles. The van der Waals surface area contributed by atoms with Crippen LogP contribution in [0.4, 0.5) is 4.39 Å². The Hall–Kier alpha value is -5.28. The number of imidazole rings is 2. The normalized spacial score (nSPS) is 14.0. The number of methoxy groups -OCH3 is 1. The summed E-state index contributed by atoms with van der Waals surface area (Å²) in [6, 6.07) is 17.2. The second-order valence-corrected chi connectivity index (χ2v) is 11.8. The van der Waals surface area contributed by atoms with Crippen LogP contribution in [0.2, 0.25) is 0 Å². The number of ether oxygens (including phenoxy) is 3. The number of nitriles is 1. The van der Waals surface area contributed by atoms with Gasteiger partial charge < -0.3 is 23.3 Å². The van der Waals surface area contributed by atoms with Crippen molar-refractivity contribution in [1.82, 2.24) is 29.0 Å². The number of benzene rings is 2. The molecule has 1 fully saturated rings. The second kappa shape index (κ2) is 14.0. The molecule has 0 spiro atoms. The van der Waals surface area contributed by atoms with E-state index >= 15 is 0 Å². The first kappa shape index (κ1) is 31.7. The van der Waals surface area contributed by atoms with E-state index < -0.39 is 5.82 Å². The van der Waals surface area contributed by atoms with E-state index in [1.165, 1.54) is 19.2 Å². The Morgan fingerprint density at radius 2 is 1.91 bits per heavy atom. The lowest BCUT2D eigenvalue weighted by atomic mass is 10.1. The summed E-state index contributed by atoms with van der Waals surface area (Å²) >= 11 is 0. The van der Waals surface area contributed by atoms with Crippen LogP contribution < -0.4 is 9.47 Å². The van der Waals surface area contributed by atoms with E-state index in [-0.39, 0.29) is 36.0 Å². The quantitative estimate of drug-likeness (QED) is 0.169. The first-order valence-corrected chi connectivity index (χ1v) is 15.6. The van der Waals surface area contributed by atoms with Crippen molar-refractivity contribution < 1.29 is 23.4 Å². The zero-order valence-corrected chi connectivity index (χ0v) is 26.6. The van der Waals surface area contributed by atoms with E-state index in [1.54, 1.807) is 12.1 Å². The molecule has 2 aromatic carbocycles. The number of hydrogen-bond donors (Lipinski definition) is 0. The van der Waals surface area contributed by atoms with Crippen molar-refractivity contribution in [3.05, 3.63) is 101 Å². The lowest BCUT2D eigenvalue weighted by Gasteiger charge is -2.31. The molecule has 5 aromatic rings. The van der Waals surface area contributed by atoms with E-state index in [9.17, 15) is 9.18 Å². The number of aromatic nitrogens is 5. The first-order chi connectivity index (χ1) is 22.8. The monoisotopic (exact) mass is 637 g/mol. The molecule has 242 valence electrons. The maximum Gasteiger partial charge on any atom is 0.337 e. The summed E-state index contributed by atoms with van der Waals surface area (Å²) in [7, 11) is 1.38. The van der Waals surface area contributed by atoms with Crippen molar-refractivity contribution in [2.75, 3.05) is 20.2 Å². The third-order valence-corrected chi connectivity index (χ3v) is 8.28. The summed E-state index contributed by atoms with van der Waals surface area (Å²) in [6.45, 7) is 7.14. The first-order valence-electron chi connectivity index (χ1n) is 15.6. The van der Waals surface area contributed by atoms with Crippen LogP contribution in [-0.2, 0) is 24.4 Å². The van der Waals surface area contributed by atoms with Crippen LogP contribution in [0.5, 0.6) is 11.6 Å². The zero-order chi connectivity index (χ0) is 32.9. The van der Waals surface area contributed by atoms with E-state index in [1.807, 2.05) is 42.9 Å². The van der Waals surface area contributed by atoms with Crippen LogP contribution in [0.3, 0.4) is 0 Å². The Kier molecular flexibility index (Phi) is 9.45. The molecule has 11 nitrogen and oxygen atoms in total. The minimum Gasteiger partial charge on any atom is -0.484 e. The summed E-state index contributed by atoms with van der Waals surface area (Å²) in [5.74, 6) is 0.489. The Balaban J connectivity index is 1.11. The molecule has 0 N–H and O–H groups in total. The van der Waals surface area contributed by atoms with Crippen LogP contribution >= 0.6 is 0 Å². The summed E-state index contributed by atoms with van der Waals surface area (Å²) in [6.07, 6.45) is 5.34. The number of fused-ring (bicyclic) bond motifs is 1. The van der Waals surface area contributed by atoms with Crippen molar-refractivity contribution in [2.24, 2.45) is 0 Å². The van der Waals surface area contributed by atoms with E-state index in [2.05, 4.69) is 37.8 Å². The number of nitrogens with zero attached hydrogens (tertiary/aromatic N) is 7. The number of esters is 1. The highest BCUT2D eigenvalue weighted by atomic mass is 19.1. The largest absolute Gasteiger partial charge is 0.484 e. The zero-order valence-electron chi connectivity index (χ0n) is 26.6. The molecule has 4 heterocycles. The maximum absolute atomic E-state index is 14.2. The van der Waals surface area contributed by atoms with Gasteiger partial charge in [-0.1, -0.05) is 6.07 Å².